The van der Waals surface area contributed by atoms with E-state index >= 15 is 0 Å². The third-order valence-electron chi connectivity index (χ3n) is 3.94. The molecular formula is C19H20N4O3S. The maximum absolute atomic E-state index is 5.37. The largest absolute Gasteiger partial charge is 0.493 e. The lowest BCUT2D eigenvalue weighted by molar-refractivity contribution is 0.324. The fraction of sp³-hybridized carbons (Fsp3) is 0.211. The first-order valence-corrected chi connectivity index (χ1v) is 8.60. The lowest BCUT2D eigenvalue weighted by Gasteiger charge is -2.12. The third-order valence-corrected chi connectivity index (χ3v) is 4.25. The zero-order chi connectivity index (χ0) is 19.2. The number of aliphatic imine (C=N–C) groups is 1. The summed E-state index contributed by atoms with van der Waals surface area (Å²) < 4.78 is 18.4. The Labute approximate surface area is 162 Å². The van der Waals surface area contributed by atoms with Gasteiger partial charge in [-0.3, -0.25) is 4.57 Å². The molecule has 0 saturated carbocycles. The van der Waals surface area contributed by atoms with E-state index in [0.29, 0.717) is 34.5 Å². The smallest absolute Gasteiger partial charge is 0.249 e. The molecule has 0 aliphatic heterocycles. The lowest BCUT2D eigenvalue weighted by Crippen LogP contribution is -2.00. The maximum Gasteiger partial charge on any atom is 0.249 e. The number of methoxy groups -OCH3 is 3. The molecule has 0 aliphatic carbocycles. The molecule has 0 amide bonds. The van der Waals surface area contributed by atoms with Crippen LogP contribution in [-0.2, 0) is 6.54 Å². The Balaban J connectivity index is 1.92. The molecule has 1 N–H and O–H groups in total. The normalized spacial score (nSPS) is 10.9. The number of nitrogens with one attached hydrogen (secondary N) is 1. The van der Waals surface area contributed by atoms with E-state index in [9.17, 15) is 0 Å². The summed E-state index contributed by atoms with van der Waals surface area (Å²) in [5, 5.41) is 7.00. The standard InChI is InChI=1S/C19H20N4O3S/c1-24-15-9-14(10-16(25-2)17(15)26-3)11-20-18-21-22-19(27)23(18)12-13-7-5-4-6-8-13/h4-11H,12H2,1-3H3,(H,22,27)/b20-11+. The average Bonchev–Trinajstić information content (AvgIpc) is 3.05. The molecule has 0 radical (unpaired) electrons. The minimum absolute atomic E-state index is 0.484. The van der Waals surface area contributed by atoms with Gasteiger partial charge in [0.2, 0.25) is 11.7 Å². The van der Waals surface area contributed by atoms with Crippen molar-refractivity contribution in [1.29, 1.82) is 0 Å². The van der Waals surface area contributed by atoms with Crippen LogP contribution < -0.4 is 14.2 Å². The predicted molar refractivity (Wildman–Crippen MR) is 106 cm³/mol. The molecular weight excluding hydrogens is 364 g/mol. The summed E-state index contributed by atoms with van der Waals surface area (Å²) in [6, 6.07) is 13.6. The van der Waals surface area contributed by atoms with Crippen molar-refractivity contribution < 1.29 is 14.2 Å². The fourth-order valence-electron chi connectivity index (χ4n) is 2.62. The van der Waals surface area contributed by atoms with Crippen molar-refractivity contribution in [2.45, 2.75) is 6.54 Å². The molecule has 140 valence electrons. The van der Waals surface area contributed by atoms with Crippen LogP contribution in [0.25, 0.3) is 0 Å². The molecule has 0 saturated heterocycles. The number of rotatable bonds is 7. The summed E-state index contributed by atoms with van der Waals surface area (Å²) in [6.07, 6.45) is 1.68. The maximum atomic E-state index is 5.37. The highest BCUT2D eigenvalue weighted by Crippen LogP contribution is 2.37. The van der Waals surface area contributed by atoms with E-state index in [2.05, 4.69) is 15.2 Å². The van der Waals surface area contributed by atoms with Gasteiger partial charge < -0.3 is 14.2 Å². The Morgan fingerprint density at radius 2 is 1.74 bits per heavy atom. The number of hydrogen-bond acceptors (Lipinski definition) is 6. The highest BCUT2D eigenvalue weighted by Gasteiger charge is 2.12. The molecule has 27 heavy (non-hydrogen) atoms. The van der Waals surface area contributed by atoms with Crippen LogP contribution >= 0.6 is 12.2 Å². The number of nitrogens with zero attached hydrogens (tertiary/aromatic N) is 3. The Hall–Kier alpha value is -3.13. The summed E-state index contributed by atoms with van der Waals surface area (Å²) >= 11 is 5.33. The van der Waals surface area contributed by atoms with Crippen LogP contribution in [0.15, 0.2) is 47.5 Å². The summed E-state index contributed by atoms with van der Waals surface area (Å²) in [5.41, 5.74) is 1.89. The minimum atomic E-state index is 0.484. The first-order chi connectivity index (χ1) is 13.2. The number of aromatic amines is 1. The van der Waals surface area contributed by atoms with Crippen molar-refractivity contribution >= 4 is 24.4 Å². The molecule has 7 nitrogen and oxygen atoms in total. The van der Waals surface area contributed by atoms with Gasteiger partial charge in [0.25, 0.3) is 0 Å². The van der Waals surface area contributed by atoms with Gasteiger partial charge in [0.15, 0.2) is 16.3 Å². The van der Waals surface area contributed by atoms with Gasteiger partial charge in [-0.05, 0) is 29.9 Å². The molecule has 0 spiro atoms. The third kappa shape index (κ3) is 4.17. The highest BCUT2D eigenvalue weighted by atomic mass is 32.1. The number of ether oxygens (including phenoxy) is 3. The molecule has 0 bridgehead atoms. The molecule has 0 atom stereocenters. The van der Waals surface area contributed by atoms with Crippen LogP contribution in [0.4, 0.5) is 5.95 Å². The second-order valence-corrected chi connectivity index (χ2v) is 6.00. The second kappa shape index (κ2) is 8.50. The van der Waals surface area contributed by atoms with E-state index in [1.165, 1.54) is 0 Å². The summed E-state index contributed by atoms with van der Waals surface area (Å²) in [4.78, 5) is 4.48. The second-order valence-electron chi connectivity index (χ2n) is 5.62. The van der Waals surface area contributed by atoms with Gasteiger partial charge in [-0.2, -0.15) is 0 Å². The predicted octanol–water partition coefficient (Wildman–Crippen LogP) is 3.77. The first-order valence-electron chi connectivity index (χ1n) is 8.19. The molecule has 3 rings (SSSR count). The Morgan fingerprint density at radius 3 is 2.33 bits per heavy atom. The van der Waals surface area contributed by atoms with Crippen LogP contribution in [0.5, 0.6) is 17.2 Å². The van der Waals surface area contributed by atoms with Gasteiger partial charge in [-0.15, -0.1) is 5.10 Å². The monoisotopic (exact) mass is 384 g/mol. The highest BCUT2D eigenvalue weighted by molar-refractivity contribution is 7.71. The van der Waals surface area contributed by atoms with E-state index in [1.807, 2.05) is 47.0 Å². The zero-order valence-corrected chi connectivity index (χ0v) is 16.1. The summed E-state index contributed by atoms with van der Waals surface area (Å²) in [6.45, 7) is 0.581. The fourth-order valence-corrected chi connectivity index (χ4v) is 2.82. The van der Waals surface area contributed by atoms with Crippen molar-refractivity contribution in [1.82, 2.24) is 14.8 Å². The van der Waals surface area contributed by atoms with Crippen molar-refractivity contribution in [2.24, 2.45) is 4.99 Å². The van der Waals surface area contributed by atoms with Crippen molar-refractivity contribution in [2.75, 3.05) is 21.3 Å². The molecule has 0 aliphatic rings. The topological polar surface area (TPSA) is 73.7 Å². The molecule has 3 aromatic rings. The van der Waals surface area contributed by atoms with E-state index in [0.717, 1.165) is 11.1 Å². The van der Waals surface area contributed by atoms with Crippen LogP contribution in [0.1, 0.15) is 11.1 Å². The van der Waals surface area contributed by atoms with Crippen LogP contribution in [0, 0.1) is 4.77 Å². The van der Waals surface area contributed by atoms with Crippen LogP contribution in [0.2, 0.25) is 0 Å². The number of aromatic nitrogens is 3. The van der Waals surface area contributed by atoms with Crippen molar-refractivity contribution in [3.63, 3.8) is 0 Å². The van der Waals surface area contributed by atoms with Crippen molar-refractivity contribution in [3.8, 4) is 17.2 Å². The van der Waals surface area contributed by atoms with E-state index in [-0.39, 0.29) is 0 Å². The zero-order valence-electron chi connectivity index (χ0n) is 15.3. The molecule has 2 aromatic carbocycles. The quantitative estimate of drug-likeness (QED) is 0.496. The van der Waals surface area contributed by atoms with E-state index in [4.69, 9.17) is 26.4 Å². The van der Waals surface area contributed by atoms with Crippen LogP contribution in [-0.4, -0.2) is 42.3 Å². The van der Waals surface area contributed by atoms with Gasteiger partial charge in [-0.25, -0.2) is 10.1 Å². The van der Waals surface area contributed by atoms with Gasteiger partial charge in [0, 0.05) is 11.8 Å². The molecule has 0 unspecified atom stereocenters. The van der Waals surface area contributed by atoms with Gasteiger partial charge in [0.1, 0.15) is 0 Å². The van der Waals surface area contributed by atoms with Gasteiger partial charge >= 0.3 is 0 Å². The number of benzene rings is 2. The Kier molecular flexibility index (Phi) is 5.87. The van der Waals surface area contributed by atoms with E-state index < -0.39 is 0 Å². The molecule has 1 aromatic heterocycles. The van der Waals surface area contributed by atoms with Crippen LogP contribution in [0.3, 0.4) is 0 Å². The average molecular weight is 384 g/mol. The number of hydrogen-bond donors (Lipinski definition) is 1. The summed E-state index contributed by atoms with van der Waals surface area (Å²) in [7, 11) is 4.71. The minimum Gasteiger partial charge on any atom is -0.493 e. The lowest BCUT2D eigenvalue weighted by atomic mass is 10.2. The molecule has 8 heteroatoms. The summed E-state index contributed by atoms with van der Waals surface area (Å²) in [5.74, 6) is 2.13. The molecule has 0 fully saturated rings. The SMILES string of the molecule is COc1cc(/C=N/c2n[nH]c(=S)n2Cc2ccccc2)cc(OC)c1OC. The molecule has 1 heterocycles. The van der Waals surface area contributed by atoms with E-state index in [1.54, 1.807) is 27.5 Å². The Bertz CT molecular complexity index is 971. The van der Waals surface area contributed by atoms with Gasteiger partial charge in [-0.1, -0.05) is 30.3 Å². The van der Waals surface area contributed by atoms with Crippen molar-refractivity contribution in [3.05, 3.63) is 58.4 Å². The Morgan fingerprint density at radius 1 is 1.07 bits per heavy atom. The first kappa shape index (κ1) is 18.7. The van der Waals surface area contributed by atoms with Gasteiger partial charge in [0.05, 0.1) is 27.9 Å². The number of H-pyrrole nitrogens is 1.